The van der Waals surface area contributed by atoms with Gasteiger partial charge in [0, 0.05) is 6.54 Å². The lowest BCUT2D eigenvalue weighted by Crippen LogP contribution is -2.38. The van der Waals surface area contributed by atoms with Crippen molar-refractivity contribution in [3.8, 4) is 0 Å². The van der Waals surface area contributed by atoms with Crippen LogP contribution in [0.5, 0.6) is 0 Å². The van der Waals surface area contributed by atoms with Gasteiger partial charge in [-0.3, -0.25) is 9.59 Å². The normalized spacial score (nSPS) is 17.3. The molecule has 1 aliphatic rings. The van der Waals surface area contributed by atoms with Gasteiger partial charge in [0.05, 0.1) is 10.7 Å². The van der Waals surface area contributed by atoms with Crippen LogP contribution in [0.4, 0.5) is 10.1 Å². The Morgan fingerprint density at radius 2 is 2.10 bits per heavy atom. The molecular formula is C15H16ClFN2O2. The summed E-state index contributed by atoms with van der Waals surface area (Å²) >= 11 is 5.82. The highest BCUT2D eigenvalue weighted by Crippen LogP contribution is 2.22. The van der Waals surface area contributed by atoms with Crippen LogP contribution < -0.4 is 10.6 Å². The summed E-state index contributed by atoms with van der Waals surface area (Å²) < 4.78 is 13.1. The van der Waals surface area contributed by atoms with Gasteiger partial charge in [-0.25, -0.2) is 4.39 Å². The molecule has 4 nitrogen and oxygen atoms in total. The maximum atomic E-state index is 13.1. The fraction of sp³-hybridized carbons (Fsp3) is 0.333. The smallest absolute Gasteiger partial charge is 0.313 e. The Labute approximate surface area is 127 Å². The average molecular weight is 311 g/mol. The van der Waals surface area contributed by atoms with Crippen molar-refractivity contribution in [1.29, 1.82) is 0 Å². The number of hydrogen-bond acceptors (Lipinski definition) is 2. The van der Waals surface area contributed by atoms with Crippen molar-refractivity contribution in [3.63, 3.8) is 0 Å². The van der Waals surface area contributed by atoms with Crippen molar-refractivity contribution in [2.45, 2.75) is 19.3 Å². The first kappa shape index (κ1) is 15.5. The Morgan fingerprint density at radius 1 is 1.29 bits per heavy atom. The van der Waals surface area contributed by atoms with Gasteiger partial charge in [-0.05, 0) is 43.4 Å². The predicted molar refractivity (Wildman–Crippen MR) is 79.5 cm³/mol. The van der Waals surface area contributed by atoms with Crippen LogP contribution in [-0.4, -0.2) is 18.4 Å². The second kappa shape index (κ2) is 7.22. The zero-order chi connectivity index (χ0) is 15.2. The van der Waals surface area contributed by atoms with E-state index >= 15 is 0 Å². The van der Waals surface area contributed by atoms with Crippen LogP contribution in [0.15, 0.2) is 30.4 Å². The molecule has 1 atom stereocenters. The third kappa shape index (κ3) is 4.56. The highest BCUT2D eigenvalue weighted by molar-refractivity contribution is 6.41. The minimum absolute atomic E-state index is 0.0809. The van der Waals surface area contributed by atoms with Gasteiger partial charge >= 0.3 is 11.8 Å². The standard InChI is InChI=1S/C15H16ClFN2O2/c16-12-7-6-11(17)8-13(12)19-15(21)14(20)18-9-10-4-2-1-3-5-10/h1-2,6-8,10H,3-5,9H2,(H,18,20)(H,19,21). The number of rotatable bonds is 3. The van der Waals surface area contributed by atoms with Crippen molar-refractivity contribution in [2.24, 2.45) is 5.92 Å². The molecule has 0 heterocycles. The number of carbonyl (C=O) groups excluding carboxylic acids is 2. The molecule has 0 aromatic heterocycles. The third-order valence-corrected chi connectivity index (χ3v) is 3.64. The molecule has 1 aromatic rings. The Balaban J connectivity index is 1.86. The first-order chi connectivity index (χ1) is 10.1. The minimum atomic E-state index is -0.853. The molecule has 1 aliphatic carbocycles. The minimum Gasteiger partial charge on any atom is -0.348 e. The molecular weight excluding hydrogens is 295 g/mol. The summed E-state index contributed by atoms with van der Waals surface area (Å²) in [6.07, 6.45) is 7.07. The molecule has 0 aliphatic heterocycles. The van der Waals surface area contributed by atoms with Crippen molar-refractivity contribution in [3.05, 3.63) is 41.2 Å². The number of nitrogens with one attached hydrogen (secondary N) is 2. The van der Waals surface area contributed by atoms with Gasteiger partial charge in [0.1, 0.15) is 5.82 Å². The summed E-state index contributed by atoms with van der Waals surface area (Å²) in [7, 11) is 0. The molecule has 2 N–H and O–H groups in total. The lowest BCUT2D eigenvalue weighted by Gasteiger charge is -2.17. The predicted octanol–water partition coefficient (Wildman–Crippen LogP) is 2.89. The molecule has 6 heteroatoms. The van der Waals surface area contributed by atoms with Gasteiger partial charge in [-0.15, -0.1) is 0 Å². The van der Waals surface area contributed by atoms with Gasteiger partial charge in [-0.2, -0.15) is 0 Å². The molecule has 112 valence electrons. The molecule has 2 amide bonds. The second-order valence-corrected chi connectivity index (χ2v) is 5.35. The van der Waals surface area contributed by atoms with Gasteiger partial charge in [-0.1, -0.05) is 23.8 Å². The average Bonchev–Trinajstić information content (AvgIpc) is 2.49. The molecule has 0 saturated carbocycles. The molecule has 0 radical (unpaired) electrons. The van der Waals surface area contributed by atoms with E-state index in [1.807, 2.05) is 0 Å². The molecule has 0 spiro atoms. The monoisotopic (exact) mass is 310 g/mol. The molecule has 21 heavy (non-hydrogen) atoms. The second-order valence-electron chi connectivity index (χ2n) is 4.94. The molecule has 0 fully saturated rings. The van der Waals surface area contributed by atoms with E-state index in [4.69, 9.17) is 11.6 Å². The fourth-order valence-corrected chi connectivity index (χ4v) is 2.30. The topological polar surface area (TPSA) is 58.2 Å². The van der Waals surface area contributed by atoms with Crippen LogP contribution in [0.2, 0.25) is 5.02 Å². The SMILES string of the molecule is O=C(NCC1CC=CCC1)C(=O)Nc1cc(F)ccc1Cl. The van der Waals surface area contributed by atoms with E-state index < -0.39 is 17.6 Å². The number of carbonyl (C=O) groups is 2. The maximum absolute atomic E-state index is 13.1. The summed E-state index contributed by atoms with van der Waals surface area (Å²) in [6, 6.07) is 3.56. The van der Waals surface area contributed by atoms with Gasteiger partial charge in [0.15, 0.2) is 0 Å². The molecule has 1 unspecified atom stereocenters. The molecule has 2 rings (SSSR count). The van der Waals surface area contributed by atoms with Crippen molar-refractivity contribution in [1.82, 2.24) is 5.32 Å². The van der Waals surface area contributed by atoms with Crippen LogP contribution in [-0.2, 0) is 9.59 Å². The Kier molecular flexibility index (Phi) is 5.33. The molecule has 0 saturated heterocycles. The van der Waals surface area contributed by atoms with Gasteiger partial charge < -0.3 is 10.6 Å². The van der Waals surface area contributed by atoms with Crippen LogP contribution >= 0.6 is 11.6 Å². The number of hydrogen-bond donors (Lipinski definition) is 2. The van der Waals surface area contributed by atoms with E-state index in [-0.39, 0.29) is 10.7 Å². The van der Waals surface area contributed by atoms with E-state index in [2.05, 4.69) is 22.8 Å². The number of amides is 2. The lowest BCUT2D eigenvalue weighted by atomic mass is 9.94. The maximum Gasteiger partial charge on any atom is 0.313 e. The summed E-state index contributed by atoms with van der Waals surface area (Å²) in [5.74, 6) is -1.78. The van der Waals surface area contributed by atoms with E-state index in [0.29, 0.717) is 12.5 Å². The Hall–Kier alpha value is -1.88. The number of halogens is 2. The first-order valence-corrected chi connectivity index (χ1v) is 7.13. The van der Waals surface area contributed by atoms with Crippen molar-refractivity contribution >= 4 is 29.1 Å². The highest BCUT2D eigenvalue weighted by atomic mass is 35.5. The Bertz CT molecular complexity index is 575. The first-order valence-electron chi connectivity index (χ1n) is 6.75. The van der Waals surface area contributed by atoms with Crippen LogP contribution in [0.1, 0.15) is 19.3 Å². The lowest BCUT2D eigenvalue weighted by molar-refractivity contribution is -0.136. The van der Waals surface area contributed by atoms with E-state index in [1.165, 1.54) is 12.1 Å². The zero-order valence-electron chi connectivity index (χ0n) is 11.4. The van der Waals surface area contributed by atoms with Crippen LogP contribution in [0.25, 0.3) is 0 Å². The third-order valence-electron chi connectivity index (χ3n) is 3.31. The summed E-state index contributed by atoms with van der Waals surface area (Å²) in [5, 5.41) is 5.06. The summed E-state index contributed by atoms with van der Waals surface area (Å²) in [4.78, 5) is 23.4. The quantitative estimate of drug-likeness (QED) is 0.666. The molecule has 0 bridgehead atoms. The van der Waals surface area contributed by atoms with Gasteiger partial charge in [0.25, 0.3) is 0 Å². The highest BCUT2D eigenvalue weighted by Gasteiger charge is 2.17. The van der Waals surface area contributed by atoms with Crippen LogP contribution in [0, 0.1) is 11.7 Å². The number of benzene rings is 1. The largest absolute Gasteiger partial charge is 0.348 e. The fourth-order valence-electron chi connectivity index (χ4n) is 2.13. The summed E-state index contributed by atoms with van der Waals surface area (Å²) in [5.41, 5.74) is 0.0809. The number of allylic oxidation sites excluding steroid dienone is 2. The molecule has 1 aromatic carbocycles. The van der Waals surface area contributed by atoms with Crippen LogP contribution in [0.3, 0.4) is 0 Å². The number of anilines is 1. The van der Waals surface area contributed by atoms with Crippen molar-refractivity contribution < 1.29 is 14.0 Å². The van der Waals surface area contributed by atoms with E-state index in [0.717, 1.165) is 25.3 Å². The van der Waals surface area contributed by atoms with Crippen molar-refractivity contribution in [2.75, 3.05) is 11.9 Å². The van der Waals surface area contributed by atoms with Gasteiger partial charge in [0.2, 0.25) is 0 Å². The summed E-state index contributed by atoms with van der Waals surface area (Å²) in [6.45, 7) is 0.452. The zero-order valence-corrected chi connectivity index (χ0v) is 12.1. The van der Waals surface area contributed by atoms with E-state index in [1.54, 1.807) is 0 Å². The van der Waals surface area contributed by atoms with E-state index in [9.17, 15) is 14.0 Å². The Morgan fingerprint density at radius 3 is 2.81 bits per heavy atom.